The molecule has 24 heavy (non-hydrogen) atoms. The van der Waals surface area contributed by atoms with E-state index in [4.69, 9.17) is 0 Å². The summed E-state index contributed by atoms with van der Waals surface area (Å²) in [5.41, 5.74) is 0.592. The first kappa shape index (κ1) is 23.2. The average Bonchev–Trinajstić information content (AvgIpc) is 2.53. The summed E-state index contributed by atoms with van der Waals surface area (Å²) in [4.78, 5) is 11.4. The molecule has 0 unspecified atom stereocenters. The molecule has 142 valence electrons. The summed E-state index contributed by atoms with van der Waals surface area (Å²) < 4.78 is 1.06. The average molecular weight is 340 g/mol. The van der Waals surface area contributed by atoms with E-state index in [1.165, 1.54) is 70.8 Å². The summed E-state index contributed by atoms with van der Waals surface area (Å²) in [6.07, 6.45) is 15.0. The Morgan fingerprint density at radius 1 is 0.833 bits per heavy atom. The van der Waals surface area contributed by atoms with Gasteiger partial charge in [0.05, 0.1) is 27.2 Å². The van der Waals surface area contributed by atoms with Crippen LogP contribution in [0.3, 0.4) is 0 Å². The van der Waals surface area contributed by atoms with Gasteiger partial charge in [0.15, 0.2) is 0 Å². The van der Waals surface area contributed by atoms with Crippen LogP contribution in [0, 0.1) is 0 Å². The lowest BCUT2D eigenvalue weighted by atomic mass is 10.1. The molecule has 0 aliphatic heterocycles. The van der Waals surface area contributed by atoms with Crippen molar-refractivity contribution in [3.05, 3.63) is 12.2 Å². The van der Waals surface area contributed by atoms with Gasteiger partial charge in [0, 0.05) is 18.5 Å². The first-order valence-corrected chi connectivity index (χ1v) is 10.1. The van der Waals surface area contributed by atoms with Gasteiger partial charge >= 0.3 is 0 Å². The molecule has 1 N–H and O–H groups in total. The second-order valence-corrected chi connectivity index (χ2v) is 7.95. The maximum Gasteiger partial charge on any atom is 0.246 e. The minimum absolute atomic E-state index is 0.0185. The first-order valence-electron chi connectivity index (χ1n) is 10.1. The molecule has 0 aliphatic carbocycles. The number of rotatable bonds is 16. The number of hydrogen-bond acceptors (Lipinski definition) is 1. The maximum absolute atomic E-state index is 11.4. The van der Waals surface area contributed by atoms with Crippen molar-refractivity contribution in [2.45, 2.75) is 84.5 Å². The number of amides is 1. The number of nitrogens with zero attached hydrogens (tertiary/aromatic N) is 1. The molecule has 0 radical (unpaired) electrons. The Morgan fingerprint density at radius 2 is 1.29 bits per heavy atom. The van der Waals surface area contributed by atoms with Gasteiger partial charge in [-0.25, -0.2) is 0 Å². The molecule has 3 nitrogen and oxygen atoms in total. The molecule has 0 bridgehead atoms. The zero-order valence-corrected chi connectivity index (χ0v) is 17.0. The highest BCUT2D eigenvalue weighted by Crippen LogP contribution is 2.11. The van der Waals surface area contributed by atoms with E-state index >= 15 is 0 Å². The predicted octanol–water partition coefficient (Wildman–Crippen LogP) is 5.07. The number of nitrogens with one attached hydrogen (secondary N) is 1. The Labute approximate surface area is 151 Å². The topological polar surface area (TPSA) is 29.1 Å². The van der Waals surface area contributed by atoms with Crippen LogP contribution < -0.4 is 5.32 Å². The van der Waals surface area contributed by atoms with Gasteiger partial charge < -0.3 is 9.80 Å². The van der Waals surface area contributed by atoms with E-state index in [2.05, 4.69) is 32.9 Å². The lowest BCUT2D eigenvalue weighted by Crippen LogP contribution is -2.42. The number of carbonyl (C=O) groups is 1. The van der Waals surface area contributed by atoms with Crippen molar-refractivity contribution in [3.63, 3.8) is 0 Å². The highest BCUT2D eigenvalue weighted by Gasteiger charge is 2.14. The van der Waals surface area contributed by atoms with Gasteiger partial charge in [-0.2, -0.15) is 0 Å². The molecule has 0 rings (SSSR count). The zero-order chi connectivity index (χ0) is 18.3. The van der Waals surface area contributed by atoms with Crippen LogP contribution >= 0.6 is 0 Å². The van der Waals surface area contributed by atoms with E-state index in [1.807, 2.05) is 0 Å². The van der Waals surface area contributed by atoms with Crippen LogP contribution in [0.15, 0.2) is 12.2 Å². The van der Waals surface area contributed by atoms with Crippen molar-refractivity contribution in [2.24, 2.45) is 0 Å². The molecule has 1 amide bonds. The largest absolute Gasteiger partial charge is 0.352 e. The molecular formula is C21H43N2O+. The van der Waals surface area contributed by atoms with Crippen molar-refractivity contribution in [1.29, 1.82) is 0 Å². The van der Waals surface area contributed by atoms with E-state index in [9.17, 15) is 4.79 Å². The smallest absolute Gasteiger partial charge is 0.246 e. The van der Waals surface area contributed by atoms with Gasteiger partial charge in [-0.1, -0.05) is 64.9 Å². The summed E-state index contributed by atoms with van der Waals surface area (Å²) in [7, 11) is 4.60. The Morgan fingerprint density at radius 3 is 1.79 bits per heavy atom. The molecule has 0 fully saturated rings. The lowest BCUT2D eigenvalue weighted by Gasteiger charge is -2.30. The highest BCUT2D eigenvalue weighted by atomic mass is 16.1. The standard InChI is InChI=1S/C21H42N2O/c1-6-7-8-9-10-11-12-13-14-15-18-23(4,5)19-16-17-22-21(24)20(2)3/h2,6-19H2,1,3-5H3/p+1. The molecule has 3 heteroatoms. The molecule has 0 aromatic rings. The maximum atomic E-state index is 11.4. The third-order valence-electron chi connectivity index (χ3n) is 4.73. The Hall–Kier alpha value is -0.830. The molecule has 0 aromatic heterocycles. The van der Waals surface area contributed by atoms with Crippen LogP contribution in [0.2, 0.25) is 0 Å². The second-order valence-electron chi connectivity index (χ2n) is 7.95. The fraction of sp³-hybridized carbons (Fsp3) is 0.857. The second kappa shape index (κ2) is 14.5. The Kier molecular flexibility index (Phi) is 14.0. The van der Waals surface area contributed by atoms with Crippen LogP contribution in [-0.4, -0.2) is 44.1 Å². The van der Waals surface area contributed by atoms with Crippen LogP contribution in [0.4, 0.5) is 0 Å². The third-order valence-corrected chi connectivity index (χ3v) is 4.73. The van der Waals surface area contributed by atoms with Gasteiger partial charge in [0.2, 0.25) is 5.91 Å². The van der Waals surface area contributed by atoms with Crippen LogP contribution in [0.5, 0.6) is 0 Å². The third kappa shape index (κ3) is 14.7. The van der Waals surface area contributed by atoms with Crippen molar-refractivity contribution >= 4 is 5.91 Å². The van der Waals surface area contributed by atoms with E-state index < -0.39 is 0 Å². The van der Waals surface area contributed by atoms with Gasteiger partial charge in [0.25, 0.3) is 0 Å². The SMILES string of the molecule is C=C(C)C(=O)NCCC[N+](C)(C)CCCCCCCCCCCC. The lowest BCUT2D eigenvalue weighted by molar-refractivity contribution is -0.890. The normalized spacial score (nSPS) is 11.5. The van der Waals surface area contributed by atoms with Crippen molar-refractivity contribution in [1.82, 2.24) is 5.32 Å². The van der Waals surface area contributed by atoms with Gasteiger partial charge in [-0.15, -0.1) is 0 Å². The number of hydrogen-bond donors (Lipinski definition) is 1. The number of unbranched alkanes of at least 4 members (excludes halogenated alkanes) is 9. The summed E-state index contributed by atoms with van der Waals surface area (Å²) in [6.45, 7) is 10.8. The van der Waals surface area contributed by atoms with E-state index in [0.29, 0.717) is 5.57 Å². The van der Waals surface area contributed by atoms with E-state index in [-0.39, 0.29) is 5.91 Å². The quantitative estimate of drug-likeness (QED) is 0.237. The monoisotopic (exact) mass is 339 g/mol. The van der Waals surface area contributed by atoms with Crippen molar-refractivity contribution in [3.8, 4) is 0 Å². The minimum atomic E-state index is -0.0185. The summed E-state index contributed by atoms with van der Waals surface area (Å²) in [5, 5.41) is 2.91. The molecule has 0 saturated heterocycles. The molecular weight excluding hydrogens is 296 g/mol. The molecule has 0 aliphatic rings. The zero-order valence-electron chi connectivity index (χ0n) is 17.0. The number of carbonyl (C=O) groups excluding carboxylic acids is 1. The van der Waals surface area contributed by atoms with Crippen LogP contribution in [0.25, 0.3) is 0 Å². The molecule has 0 atom stereocenters. The molecule has 0 aromatic carbocycles. The van der Waals surface area contributed by atoms with E-state index in [1.54, 1.807) is 6.92 Å². The summed E-state index contributed by atoms with van der Waals surface area (Å²) in [5.74, 6) is -0.0185. The first-order chi connectivity index (χ1) is 11.4. The van der Waals surface area contributed by atoms with Crippen molar-refractivity contribution < 1.29 is 9.28 Å². The number of quaternary nitrogens is 1. The Bertz CT molecular complexity index is 337. The molecule has 0 spiro atoms. The molecule has 0 heterocycles. The highest BCUT2D eigenvalue weighted by molar-refractivity contribution is 5.91. The predicted molar refractivity (Wildman–Crippen MR) is 106 cm³/mol. The van der Waals surface area contributed by atoms with Gasteiger partial charge in [0.1, 0.15) is 0 Å². The van der Waals surface area contributed by atoms with Gasteiger partial charge in [-0.05, 0) is 19.8 Å². The van der Waals surface area contributed by atoms with Crippen LogP contribution in [-0.2, 0) is 4.79 Å². The summed E-state index contributed by atoms with van der Waals surface area (Å²) >= 11 is 0. The van der Waals surface area contributed by atoms with E-state index in [0.717, 1.165) is 24.0 Å². The minimum Gasteiger partial charge on any atom is -0.352 e. The van der Waals surface area contributed by atoms with Crippen molar-refractivity contribution in [2.75, 3.05) is 33.7 Å². The van der Waals surface area contributed by atoms with Crippen LogP contribution in [0.1, 0.15) is 84.5 Å². The fourth-order valence-corrected chi connectivity index (χ4v) is 3.00. The Balaban J connectivity index is 3.47. The molecule has 0 saturated carbocycles. The fourth-order valence-electron chi connectivity index (χ4n) is 3.00. The summed E-state index contributed by atoms with van der Waals surface area (Å²) in [6, 6.07) is 0. The van der Waals surface area contributed by atoms with Gasteiger partial charge in [-0.3, -0.25) is 4.79 Å².